The molecule has 3 heteroatoms. The Morgan fingerprint density at radius 3 is 3.00 bits per heavy atom. The minimum Gasteiger partial charge on any atom is -0.369 e. The molecule has 2 heterocycles. The van der Waals surface area contributed by atoms with Gasteiger partial charge < -0.3 is 4.90 Å². The van der Waals surface area contributed by atoms with Gasteiger partial charge in [-0.15, -0.1) is 0 Å². The predicted molar refractivity (Wildman–Crippen MR) is 68.3 cm³/mol. The molecule has 2 saturated heterocycles. The van der Waals surface area contributed by atoms with Crippen molar-refractivity contribution in [1.82, 2.24) is 4.90 Å². The minimum absolute atomic E-state index is 0.771. The van der Waals surface area contributed by atoms with Crippen LogP contribution in [0.1, 0.15) is 12.8 Å². The van der Waals surface area contributed by atoms with E-state index in [1.807, 2.05) is 12.1 Å². The van der Waals surface area contributed by atoms with Crippen molar-refractivity contribution in [3.8, 4) is 0 Å². The number of piperazine rings is 1. The lowest BCUT2D eigenvalue weighted by Crippen LogP contribution is -2.50. The van der Waals surface area contributed by atoms with E-state index in [0.717, 1.165) is 17.6 Å². The highest BCUT2D eigenvalue weighted by atomic mass is 35.5. The van der Waals surface area contributed by atoms with Gasteiger partial charge >= 0.3 is 0 Å². The largest absolute Gasteiger partial charge is 0.369 e. The first-order valence-corrected chi connectivity index (χ1v) is 6.45. The predicted octanol–water partition coefficient (Wildman–Crippen LogP) is 2.62. The maximum absolute atomic E-state index is 6.04. The molecule has 0 aliphatic carbocycles. The molecule has 0 N–H and O–H groups in total. The third-order valence-corrected chi connectivity index (χ3v) is 4.00. The van der Waals surface area contributed by atoms with E-state index in [1.165, 1.54) is 38.2 Å². The summed E-state index contributed by atoms with van der Waals surface area (Å²) in [7, 11) is 0. The average molecular weight is 237 g/mol. The average Bonchev–Trinajstić information content (AvgIpc) is 2.75. The quantitative estimate of drug-likeness (QED) is 0.740. The smallest absolute Gasteiger partial charge is 0.0426 e. The third kappa shape index (κ3) is 1.92. The molecule has 1 unspecified atom stereocenters. The molecule has 86 valence electrons. The first kappa shape index (κ1) is 10.4. The lowest BCUT2D eigenvalue weighted by atomic mass is 10.1. The lowest BCUT2D eigenvalue weighted by Gasteiger charge is -2.38. The topological polar surface area (TPSA) is 6.48 Å². The molecule has 3 rings (SSSR count). The van der Waals surface area contributed by atoms with Crippen LogP contribution in [0.5, 0.6) is 0 Å². The Bertz CT molecular complexity index is 380. The Kier molecular flexibility index (Phi) is 2.78. The summed E-state index contributed by atoms with van der Waals surface area (Å²) in [5.41, 5.74) is 1.28. The summed E-state index contributed by atoms with van der Waals surface area (Å²) in [5.74, 6) is 0. The van der Waals surface area contributed by atoms with Gasteiger partial charge in [-0.3, -0.25) is 4.90 Å². The molecule has 0 aromatic heterocycles. The lowest BCUT2D eigenvalue weighted by molar-refractivity contribution is 0.231. The number of fused-ring (bicyclic) bond motifs is 1. The fraction of sp³-hybridized carbons (Fsp3) is 0.538. The number of benzene rings is 1. The normalized spacial score (nSPS) is 25.8. The molecule has 0 bridgehead atoms. The van der Waals surface area contributed by atoms with E-state index in [9.17, 15) is 0 Å². The van der Waals surface area contributed by atoms with E-state index in [0.29, 0.717) is 0 Å². The molecule has 1 aromatic carbocycles. The summed E-state index contributed by atoms with van der Waals surface area (Å²) in [4.78, 5) is 5.10. The summed E-state index contributed by atoms with van der Waals surface area (Å²) in [6.45, 7) is 4.81. The van der Waals surface area contributed by atoms with E-state index >= 15 is 0 Å². The number of rotatable bonds is 1. The van der Waals surface area contributed by atoms with Gasteiger partial charge in [-0.1, -0.05) is 17.7 Å². The zero-order valence-electron chi connectivity index (χ0n) is 9.40. The maximum atomic E-state index is 6.04. The summed E-state index contributed by atoms with van der Waals surface area (Å²) >= 11 is 6.04. The van der Waals surface area contributed by atoms with Crippen LogP contribution in [-0.4, -0.2) is 37.1 Å². The van der Waals surface area contributed by atoms with Gasteiger partial charge in [-0.2, -0.15) is 0 Å². The van der Waals surface area contributed by atoms with Crippen molar-refractivity contribution in [2.24, 2.45) is 0 Å². The van der Waals surface area contributed by atoms with E-state index in [2.05, 4.69) is 21.9 Å². The van der Waals surface area contributed by atoms with Crippen LogP contribution < -0.4 is 4.90 Å². The molecule has 1 atom stereocenters. The van der Waals surface area contributed by atoms with Crippen LogP contribution in [0.15, 0.2) is 24.3 Å². The molecule has 2 aliphatic rings. The van der Waals surface area contributed by atoms with Crippen molar-refractivity contribution in [2.75, 3.05) is 31.1 Å². The maximum Gasteiger partial charge on any atom is 0.0426 e. The van der Waals surface area contributed by atoms with Crippen molar-refractivity contribution >= 4 is 17.3 Å². The van der Waals surface area contributed by atoms with E-state index < -0.39 is 0 Å². The van der Waals surface area contributed by atoms with Gasteiger partial charge in [0.15, 0.2) is 0 Å². The molecule has 2 aliphatic heterocycles. The highest BCUT2D eigenvalue weighted by Gasteiger charge is 2.30. The molecule has 16 heavy (non-hydrogen) atoms. The van der Waals surface area contributed by atoms with Crippen LogP contribution in [0, 0.1) is 0 Å². The second-order valence-electron chi connectivity index (χ2n) is 4.76. The first-order valence-electron chi connectivity index (χ1n) is 6.07. The number of anilines is 1. The number of nitrogens with zero attached hydrogens (tertiary/aromatic N) is 2. The van der Waals surface area contributed by atoms with Gasteiger partial charge in [-0.05, 0) is 37.6 Å². The van der Waals surface area contributed by atoms with Crippen LogP contribution in [0.4, 0.5) is 5.69 Å². The molecule has 0 spiro atoms. The Hall–Kier alpha value is -0.730. The third-order valence-electron chi connectivity index (χ3n) is 3.76. The van der Waals surface area contributed by atoms with Gasteiger partial charge in [-0.25, -0.2) is 0 Å². The second kappa shape index (κ2) is 4.27. The van der Waals surface area contributed by atoms with E-state index in [1.54, 1.807) is 0 Å². The van der Waals surface area contributed by atoms with Crippen LogP contribution in [0.25, 0.3) is 0 Å². The van der Waals surface area contributed by atoms with Crippen LogP contribution >= 0.6 is 11.6 Å². The SMILES string of the molecule is Clc1cccc(N2CCN3CCCC3C2)c1. The van der Waals surface area contributed by atoms with E-state index in [4.69, 9.17) is 11.6 Å². The van der Waals surface area contributed by atoms with Gasteiger partial charge in [0.05, 0.1) is 0 Å². The fourth-order valence-electron chi connectivity index (χ4n) is 2.90. The highest BCUT2D eigenvalue weighted by molar-refractivity contribution is 6.30. The van der Waals surface area contributed by atoms with Crippen molar-refractivity contribution in [1.29, 1.82) is 0 Å². The van der Waals surface area contributed by atoms with Crippen molar-refractivity contribution in [3.05, 3.63) is 29.3 Å². The molecule has 1 aromatic rings. The Balaban J connectivity index is 1.76. The zero-order valence-corrected chi connectivity index (χ0v) is 10.2. The van der Waals surface area contributed by atoms with Crippen LogP contribution in [0.2, 0.25) is 5.02 Å². The minimum atomic E-state index is 0.771. The van der Waals surface area contributed by atoms with Crippen LogP contribution in [-0.2, 0) is 0 Å². The summed E-state index contributed by atoms with van der Waals surface area (Å²) < 4.78 is 0. The summed E-state index contributed by atoms with van der Waals surface area (Å²) in [6.07, 6.45) is 2.73. The van der Waals surface area contributed by atoms with Crippen molar-refractivity contribution < 1.29 is 0 Å². The van der Waals surface area contributed by atoms with Gasteiger partial charge in [0, 0.05) is 36.4 Å². The number of halogens is 1. The molecule has 0 amide bonds. The first-order chi connectivity index (χ1) is 7.83. The number of hydrogen-bond acceptors (Lipinski definition) is 2. The van der Waals surface area contributed by atoms with Gasteiger partial charge in [0.2, 0.25) is 0 Å². The second-order valence-corrected chi connectivity index (χ2v) is 5.19. The molecular formula is C13H17ClN2. The van der Waals surface area contributed by atoms with Crippen molar-refractivity contribution in [2.45, 2.75) is 18.9 Å². The van der Waals surface area contributed by atoms with Crippen LogP contribution in [0.3, 0.4) is 0 Å². The summed E-state index contributed by atoms with van der Waals surface area (Å²) in [5, 5.41) is 0.839. The Morgan fingerprint density at radius 2 is 2.12 bits per heavy atom. The fourth-order valence-corrected chi connectivity index (χ4v) is 3.08. The molecule has 0 saturated carbocycles. The van der Waals surface area contributed by atoms with Crippen molar-refractivity contribution in [3.63, 3.8) is 0 Å². The molecule has 0 radical (unpaired) electrons. The van der Waals surface area contributed by atoms with Gasteiger partial charge in [0.25, 0.3) is 0 Å². The Morgan fingerprint density at radius 1 is 1.19 bits per heavy atom. The number of hydrogen-bond donors (Lipinski definition) is 0. The zero-order chi connectivity index (χ0) is 11.0. The van der Waals surface area contributed by atoms with Gasteiger partial charge in [0.1, 0.15) is 0 Å². The van der Waals surface area contributed by atoms with E-state index in [-0.39, 0.29) is 0 Å². The molecular weight excluding hydrogens is 220 g/mol. The standard InChI is InChI=1S/C13H17ClN2/c14-11-3-1-4-12(9-11)16-8-7-15-6-2-5-13(15)10-16/h1,3-4,9,13H,2,5-8,10H2. The summed E-state index contributed by atoms with van der Waals surface area (Å²) in [6, 6.07) is 8.99. The molecule has 2 nitrogen and oxygen atoms in total. The monoisotopic (exact) mass is 236 g/mol. The molecule has 2 fully saturated rings. The highest BCUT2D eigenvalue weighted by Crippen LogP contribution is 2.26. The Labute approximate surface area is 102 Å².